The molecule has 0 rings (SSSR count). The Hall–Kier alpha value is -0.0400. The van der Waals surface area contributed by atoms with Gasteiger partial charge in [-0.2, -0.15) is 0 Å². The summed E-state index contributed by atoms with van der Waals surface area (Å²) < 4.78 is 0. The van der Waals surface area contributed by atoms with E-state index < -0.39 is 0 Å². The van der Waals surface area contributed by atoms with Crippen molar-refractivity contribution in [2.75, 3.05) is 0 Å². The minimum absolute atomic E-state index is 0.426. The summed E-state index contributed by atoms with van der Waals surface area (Å²) in [7, 11) is 0. The summed E-state index contributed by atoms with van der Waals surface area (Å²) in [5, 5.41) is 0. The first-order valence-electron chi connectivity index (χ1n) is 3.42. The molecular weight excluding hydrogens is 98.1 g/mol. The Morgan fingerprint density at radius 3 is 2.00 bits per heavy atom. The molecule has 1 nitrogen and oxygen atoms in total. The highest BCUT2D eigenvalue weighted by molar-refractivity contribution is 4.59. The van der Waals surface area contributed by atoms with Gasteiger partial charge in [-0.25, -0.2) is 0 Å². The first kappa shape index (κ1) is 7.96. The molecule has 0 aliphatic heterocycles. The van der Waals surface area contributed by atoms with Crippen LogP contribution in [0.4, 0.5) is 0 Å². The van der Waals surface area contributed by atoms with Gasteiger partial charge in [-0.15, -0.1) is 0 Å². The monoisotopic (exact) mass is 115 g/mol. The van der Waals surface area contributed by atoms with Gasteiger partial charge in [-0.1, -0.05) is 20.8 Å². The lowest BCUT2D eigenvalue weighted by Gasteiger charge is -2.09. The topological polar surface area (TPSA) is 26.0 Å². The summed E-state index contributed by atoms with van der Waals surface area (Å²) in [6, 6.07) is 0.426. The van der Waals surface area contributed by atoms with Crippen LogP contribution in [0.25, 0.3) is 0 Å². The molecule has 1 heteroatoms. The van der Waals surface area contributed by atoms with Crippen molar-refractivity contribution in [1.82, 2.24) is 0 Å². The van der Waals surface area contributed by atoms with E-state index in [4.69, 9.17) is 5.73 Å². The van der Waals surface area contributed by atoms with Crippen LogP contribution >= 0.6 is 0 Å². The van der Waals surface area contributed by atoms with Crippen LogP contribution in [0.15, 0.2) is 0 Å². The number of hydrogen-bond donors (Lipinski definition) is 1. The number of hydrogen-bond acceptors (Lipinski definition) is 1. The molecule has 0 aromatic carbocycles. The predicted molar refractivity (Wildman–Crippen MR) is 37.7 cm³/mol. The van der Waals surface area contributed by atoms with Crippen LogP contribution in [-0.4, -0.2) is 6.04 Å². The minimum Gasteiger partial charge on any atom is -0.328 e. The van der Waals surface area contributed by atoms with Crippen molar-refractivity contribution in [3.63, 3.8) is 0 Å². The maximum atomic E-state index is 5.67. The second kappa shape index (κ2) is 3.90. The lowest BCUT2D eigenvalue weighted by atomic mass is 10.0. The van der Waals surface area contributed by atoms with Crippen molar-refractivity contribution in [3.8, 4) is 0 Å². The van der Waals surface area contributed by atoms with E-state index in [1.54, 1.807) is 0 Å². The molecule has 0 aromatic rings. The summed E-state index contributed by atoms with van der Waals surface area (Å²) in [4.78, 5) is 0. The molecule has 0 heterocycles. The van der Waals surface area contributed by atoms with Gasteiger partial charge in [0.15, 0.2) is 0 Å². The molecule has 1 atom stereocenters. The summed E-state index contributed by atoms with van der Waals surface area (Å²) in [5.41, 5.74) is 5.67. The van der Waals surface area contributed by atoms with Gasteiger partial charge in [0.25, 0.3) is 0 Å². The van der Waals surface area contributed by atoms with Crippen molar-refractivity contribution in [3.05, 3.63) is 0 Å². The highest BCUT2D eigenvalue weighted by Crippen LogP contribution is 2.03. The highest BCUT2D eigenvalue weighted by Gasteiger charge is 2.00. The van der Waals surface area contributed by atoms with E-state index in [0.717, 1.165) is 18.8 Å². The zero-order valence-electron chi connectivity index (χ0n) is 6.15. The number of rotatable bonds is 3. The molecule has 0 aliphatic carbocycles. The zero-order chi connectivity index (χ0) is 6.57. The van der Waals surface area contributed by atoms with Gasteiger partial charge in [-0.05, 0) is 18.8 Å². The quantitative estimate of drug-likeness (QED) is 0.596. The molecule has 0 unspecified atom stereocenters. The number of nitrogens with two attached hydrogens (primary N) is 1. The molecule has 0 spiro atoms. The molecule has 50 valence electrons. The normalized spacial score (nSPS) is 14.6. The first-order chi connectivity index (χ1) is 3.66. The van der Waals surface area contributed by atoms with E-state index in [1.165, 1.54) is 0 Å². The molecule has 0 aromatic heterocycles. The largest absolute Gasteiger partial charge is 0.328 e. The fourth-order valence-corrected chi connectivity index (χ4v) is 0.772. The Morgan fingerprint density at radius 2 is 1.88 bits per heavy atom. The third-order valence-corrected chi connectivity index (χ3v) is 1.30. The smallest absolute Gasteiger partial charge is 0.00386 e. The van der Waals surface area contributed by atoms with Crippen LogP contribution in [0, 0.1) is 5.92 Å². The van der Waals surface area contributed by atoms with E-state index in [-0.39, 0.29) is 0 Å². The molecule has 0 amide bonds. The van der Waals surface area contributed by atoms with Gasteiger partial charge in [0.2, 0.25) is 0 Å². The van der Waals surface area contributed by atoms with Crippen LogP contribution < -0.4 is 5.73 Å². The molecule has 8 heavy (non-hydrogen) atoms. The van der Waals surface area contributed by atoms with Gasteiger partial charge >= 0.3 is 0 Å². The van der Waals surface area contributed by atoms with Crippen LogP contribution in [0.5, 0.6) is 0 Å². The van der Waals surface area contributed by atoms with Crippen LogP contribution in [0.1, 0.15) is 33.6 Å². The molecular formula is C7H17N. The van der Waals surface area contributed by atoms with Crippen LogP contribution in [-0.2, 0) is 0 Å². The molecule has 0 aliphatic rings. The van der Waals surface area contributed by atoms with Crippen molar-refractivity contribution in [2.24, 2.45) is 11.7 Å². The van der Waals surface area contributed by atoms with E-state index in [2.05, 4.69) is 20.8 Å². The summed E-state index contributed by atoms with van der Waals surface area (Å²) in [5.74, 6) is 0.755. The highest BCUT2D eigenvalue weighted by atomic mass is 14.6. The standard InChI is InChI=1S/C7H17N/c1-4-7(8)5-6(2)3/h6-7H,4-5,8H2,1-3H3/t7-/m0/s1. The average molecular weight is 115 g/mol. The first-order valence-corrected chi connectivity index (χ1v) is 3.42. The third-order valence-electron chi connectivity index (χ3n) is 1.30. The Bertz CT molecular complexity index is 50.3. The van der Waals surface area contributed by atoms with Crippen LogP contribution in [0.3, 0.4) is 0 Å². The summed E-state index contributed by atoms with van der Waals surface area (Å²) in [6.45, 7) is 6.54. The van der Waals surface area contributed by atoms with Crippen molar-refractivity contribution in [2.45, 2.75) is 39.7 Å². The Morgan fingerprint density at radius 1 is 1.38 bits per heavy atom. The van der Waals surface area contributed by atoms with Crippen LogP contribution in [0.2, 0.25) is 0 Å². The fraction of sp³-hybridized carbons (Fsp3) is 1.00. The lowest BCUT2D eigenvalue weighted by molar-refractivity contribution is 0.486. The van der Waals surface area contributed by atoms with Gasteiger partial charge < -0.3 is 5.73 Å². The van der Waals surface area contributed by atoms with Gasteiger partial charge in [0.05, 0.1) is 0 Å². The van der Waals surface area contributed by atoms with Gasteiger partial charge in [-0.3, -0.25) is 0 Å². The maximum absolute atomic E-state index is 5.67. The molecule has 0 bridgehead atoms. The Kier molecular flexibility index (Phi) is 3.88. The van der Waals surface area contributed by atoms with Gasteiger partial charge in [0, 0.05) is 6.04 Å². The summed E-state index contributed by atoms with van der Waals surface area (Å²) >= 11 is 0. The summed E-state index contributed by atoms with van der Waals surface area (Å²) in [6.07, 6.45) is 2.27. The van der Waals surface area contributed by atoms with Gasteiger partial charge in [0.1, 0.15) is 0 Å². The Balaban J connectivity index is 3.10. The maximum Gasteiger partial charge on any atom is 0.00386 e. The van der Waals surface area contributed by atoms with Crippen molar-refractivity contribution in [1.29, 1.82) is 0 Å². The zero-order valence-corrected chi connectivity index (χ0v) is 6.15. The predicted octanol–water partition coefficient (Wildman–Crippen LogP) is 1.77. The second-order valence-corrected chi connectivity index (χ2v) is 2.80. The van der Waals surface area contributed by atoms with E-state index in [9.17, 15) is 0 Å². The van der Waals surface area contributed by atoms with Crippen molar-refractivity contribution < 1.29 is 0 Å². The molecule has 0 saturated heterocycles. The van der Waals surface area contributed by atoms with E-state index >= 15 is 0 Å². The fourth-order valence-electron chi connectivity index (χ4n) is 0.772. The minimum atomic E-state index is 0.426. The van der Waals surface area contributed by atoms with E-state index in [0.29, 0.717) is 6.04 Å². The van der Waals surface area contributed by atoms with Crippen molar-refractivity contribution >= 4 is 0 Å². The third kappa shape index (κ3) is 4.13. The lowest BCUT2D eigenvalue weighted by Crippen LogP contribution is -2.20. The average Bonchev–Trinajstić information content (AvgIpc) is 1.65. The van der Waals surface area contributed by atoms with E-state index in [1.807, 2.05) is 0 Å². The second-order valence-electron chi connectivity index (χ2n) is 2.80. The molecule has 2 N–H and O–H groups in total. The molecule has 0 fully saturated rings. The molecule has 0 radical (unpaired) electrons. The molecule has 0 saturated carbocycles. The Labute approximate surface area is 52.3 Å². The SMILES string of the molecule is CC[C@H](N)CC(C)C.